The monoisotopic (exact) mass is 291 g/mol. The van der Waals surface area contributed by atoms with Crippen molar-refractivity contribution in [3.8, 4) is 0 Å². The molecular formula is C15H17NO5. The van der Waals surface area contributed by atoms with E-state index in [1.165, 1.54) is 18.2 Å². The smallest absolute Gasteiger partial charge is 0.335 e. The van der Waals surface area contributed by atoms with E-state index in [2.05, 4.69) is 0 Å². The van der Waals surface area contributed by atoms with E-state index in [1.54, 1.807) is 0 Å². The number of ether oxygens (including phenoxy) is 1. The van der Waals surface area contributed by atoms with Crippen LogP contribution in [0.2, 0.25) is 0 Å². The largest absolute Gasteiger partial charge is 0.478 e. The van der Waals surface area contributed by atoms with Crippen LogP contribution in [0.1, 0.15) is 44.9 Å². The summed E-state index contributed by atoms with van der Waals surface area (Å²) in [6.07, 6.45) is 0. The molecule has 0 aromatic heterocycles. The number of rotatable bonds is 6. The number of hydrogen-bond donors (Lipinski definition) is 1. The van der Waals surface area contributed by atoms with Crippen molar-refractivity contribution in [2.75, 3.05) is 19.8 Å². The van der Waals surface area contributed by atoms with Crippen LogP contribution in [0, 0.1) is 5.92 Å². The Morgan fingerprint density at radius 1 is 1.24 bits per heavy atom. The summed E-state index contributed by atoms with van der Waals surface area (Å²) < 4.78 is 5.37. The van der Waals surface area contributed by atoms with Gasteiger partial charge in [0.1, 0.15) is 0 Å². The highest BCUT2D eigenvalue weighted by Crippen LogP contribution is 2.23. The lowest BCUT2D eigenvalue weighted by Crippen LogP contribution is -2.33. The molecule has 0 unspecified atom stereocenters. The topological polar surface area (TPSA) is 83.9 Å². The molecule has 1 heterocycles. The van der Waals surface area contributed by atoms with Gasteiger partial charge in [-0.1, -0.05) is 13.8 Å². The molecule has 1 N–H and O–H groups in total. The quantitative estimate of drug-likeness (QED) is 0.636. The summed E-state index contributed by atoms with van der Waals surface area (Å²) in [6.45, 7) is 5.02. The van der Waals surface area contributed by atoms with E-state index < -0.39 is 17.8 Å². The van der Waals surface area contributed by atoms with Crippen LogP contribution in [0.5, 0.6) is 0 Å². The van der Waals surface area contributed by atoms with Crippen molar-refractivity contribution in [3.05, 3.63) is 34.9 Å². The molecule has 1 aromatic carbocycles. The number of carbonyl (C=O) groups is 3. The molecule has 0 fully saturated rings. The maximum atomic E-state index is 12.2. The van der Waals surface area contributed by atoms with Gasteiger partial charge in [0, 0.05) is 6.61 Å². The Balaban J connectivity index is 2.09. The fourth-order valence-corrected chi connectivity index (χ4v) is 2.10. The van der Waals surface area contributed by atoms with E-state index >= 15 is 0 Å². The Bertz CT molecular complexity index is 594. The van der Waals surface area contributed by atoms with Crippen molar-refractivity contribution < 1.29 is 24.2 Å². The highest BCUT2D eigenvalue weighted by Gasteiger charge is 2.35. The average molecular weight is 291 g/mol. The lowest BCUT2D eigenvalue weighted by molar-refractivity contribution is 0.0535. The molecule has 21 heavy (non-hydrogen) atoms. The van der Waals surface area contributed by atoms with Gasteiger partial charge < -0.3 is 9.84 Å². The van der Waals surface area contributed by atoms with Crippen LogP contribution in [0.3, 0.4) is 0 Å². The minimum Gasteiger partial charge on any atom is -0.478 e. The number of aromatic carboxylic acids is 1. The number of carboxylic acids is 1. The molecule has 0 spiro atoms. The van der Waals surface area contributed by atoms with Crippen molar-refractivity contribution in [2.45, 2.75) is 13.8 Å². The fraction of sp³-hybridized carbons (Fsp3) is 0.400. The normalized spacial score (nSPS) is 14.0. The molecule has 112 valence electrons. The van der Waals surface area contributed by atoms with Gasteiger partial charge in [-0.25, -0.2) is 4.79 Å². The van der Waals surface area contributed by atoms with E-state index in [0.29, 0.717) is 12.5 Å². The molecule has 1 aliphatic rings. The molecule has 2 amide bonds. The van der Waals surface area contributed by atoms with Crippen LogP contribution in [0.15, 0.2) is 18.2 Å². The first-order valence-corrected chi connectivity index (χ1v) is 6.73. The average Bonchev–Trinajstić information content (AvgIpc) is 2.67. The maximum absolute atomic E-state index is 12.2. The van der Waals surface area contributed by atoms with Crippen LogP contribution < -0.4 is 0 Å². The Morgan fingerprint density at radius 2 is 1.90 bits per heavy atom. The Kier molecular flexibility index (Phi) is 4.37. The Morgan fingerprint density at radius 3 is 2.52 bits per heavy atom. The minimum absolute atomic E-state index is 0.00666. The highest BCUT2D eigenvalue weighted by molar-refractivity contribution is 6.21. The van der Waals surface area contributed by atoms with Crippen LogP contribution in [-0.2, 0) is 4.74 Å². The van der Waals surface area contributed by atoms with E-state index in [1.807, 2.05) is 13.8 Å². The Hall–Kier alpha value is -2.21. The number of carboxylic acid groups (broad SMARTS) is 1. The van der Waals surface area contributed by atoms with Crippen LogP contribution in [0.4, 0.5) is 0 Å². The van der Waals surface area contributed by atoms with Gasteiger partial charge in [-0.2, -0.15) is 0 Å². The lowest BCUT2D eigenvalue weighted by Gasteiger charge is -2.14. The van der Waals surface area contributed by atoms with Gasteiger partial charge in [0.2, 0.25) is 0 Å². The van der Waals surface area contributed by atoms with Gasteiger partial charge in [0.15, 0.2) is 0 Å². The summed E-state index contributed by atoms with van der Waals surface area (Å²) >= 11 is 0. The summed E-state index contributed by atoms with van der Waals surface area (Å²) in [5.74, 6) is -1.62. The number of fused-ring (bicyclic) bond motifs is 1. The standard InChI is InChI=1S/C15H17NO5/c1-9(2)8-21-6-5-16-13(17)11-4-3-10(15(19)20)7-12(11)14(16)18/h3-4,7,9H,5-6,8H2,1-2H3,(H,19,20). The van der Waals surface area contributed by atoms with Gasteiger partial charge in [-0.3, -0.25) is 14.5 Å². The molecule has 6 nitrogen and oxygen atoms in total. The van der Waals surface area contributed by atoms with Crippen LogP contribution in [0.25, 0.3) is 0 Å². The number of carbonyl (C=O) groups excluding carboxylic acids is 2. The second-order valence-electron chi connectivity index (χ2n) is 5.30. The number of benzene rings is 1. The third kappa shape index (κ3) is 3.11. The second-order valence-corrected chi connectivity index (χ2v) is 5.30. The third-order valence-corrected chi connectivity index (χ3v) is 3.13. The van der Waals surface area contributed by atoms with Gasteiger partial charge in [-0.05, 0) is 24.1 Å². The SMILES string of the molecule is CC(C)COCCN1C(=O)c2ccc(C(=O)O)cc2C1=O. The summed E-state index contributed by atoms with van der Waals surface area (Å²) in [6, 6.07) is 3.95. The number of amides is 2. The molecule has 2 rings (SSSR count). The van der Waals surface area contributed by atoms with Crippen LogP contribution >= 0.6 is 0 Å². The van der Waals surface area contributed by atoms with Gasteiger partial charge in [0.25, 0.3) is 11.8 Å². The molecule has 0 saturated heterocycles. The fourth-order valence-electron chi connectivity index (χ4n) is 2.10. The third-order valence-electron chi connectivity index (χ3n) is 3.13. The van der Waals surface area contributed by atoms with Crippen molar-refractivity contribution >= 4 is 17.8 Å². The first kappa shape index (κ1) is 15.2. The van der Waals surface area contributed by atoms with Gasteiger partial charge in [0.05, 0.1) is 29.8 Å². The summed E-state index contributed by atoms with van der Waals surface area (Å²) in [4.78, 5) is 36.3. The minimum atomic E-state index is -1.13. The number of imide groups is 1. The van der Waals surface area contributed by atoms with Crippen molar-refractivity contribution in [1.29, 1.82) is 0 Å². The molecular weight excluding hydrogens is 274 g/mol. The van der Waals surface area contributed by atoms with Crippen molar-refractivity contribution in [2.24, 2.45) is 5.92 Å². The summed E-state index contributed by atoms with van der Waals surface area (Å²) in [5.41, 5.74) is 0.380. The zero-order chi connectivity index (χ0) is 15.6. The molecule has 0 atom stereocenters. The molecule has 0 bridgehead atoms. The van der Waals surface area contributed by atoms with Crippen molar-refractivity contribution in [1.82, 2.24) is 4.90 Å². The molecule has 0 saturated carbocycles. The second kappa shape index (κ2) is 6.05. The molecule has 1 aromatic rings. The Labute approximate surface area is 122 Å². The summed E-state index contributed by atoms with van der Waals surface area (Å²) in [7, 11) is 0. The van der Waals surface area contributed by atoms with Gasteiger partial charge >= 0.3 is 5.97 Å². The zero-order valence-corrected chi connectivity index (χ0v) is 12.0. The predicted octanol–water partition coefficient (Wildman–Crippen LogP) is 1.65. The first-order valence-electron chi connectivity index (χ1n) is 6.73. The highest BCUT2D eigenvalue weighted by atomic mass is 16.5. The first-order chi connectivity index (χ1) is 9.91. The zero-order valence-electron chi connectivity index (χ0n) is 12.0. The van der Waals surface area contributed by atoms with Gasteiger partial charge in [-0.15, -0.1) is 0 Å². The van der Waals surface area contributed by atoms with E-state index in [4.69, 9.17) is 9.84 Å². The van der Waals surface area contributed by atoms with Crippen LogP contribution in [-0.4, -0.2) is 47.5 Å². The lowest BCUT2D eigenvalue weighted by atomic mass is 10.1. The van der Waals surface area contributed by atoms with Crippen molar-refractivity contribution in [3.63, 3.8) is 0 Å². The number of nitrogens with zero attached hydrogens (tertiary/aromatic N) is 1. The molecule has 6 heteroatoms. The molecule has 1 aliphatic heterocycles. The molecule has 0 radical (unpaired) electrons. The predicted molar refractivity (Wildman–Crippen MR) is 74.4 cm³/mol. The number of hydrogen-bond acceptors (Lipinski definition) is 4. The maximum Gasteiger partial charge on any atom is 0.335 e. The van der Waals surface area contributed by atoms with E-state index in [-0.39, 0.29) is 29.8 Å². The summed E-state index contributed by atoms with van der Waals surface area (Å²) in [5, 5.41) is 8.93. The van der Waals surface area contributed by atoms with E-state index in [0.717, 1.165) is 4.90 Å². The van der Waals surface area contributed by atoms with E-state index in [9.17, 15) is 14.4 Å². The molecule has 0 aliphatic carbocycles.